The average molecular weight is 292 g/mol. The van der Waals surface area contributed by atoms with Crippen LogP contribution in [0.15, 0.2) is 6.07 Å². The summed E-state index contributed by atoms with van der Waals surface area (Å²) in [6.45, 7) is 8.58. The number of rotatable bonds is 3. The molecule has 118 valence electrons. The van der Waals surface area contributed by atoms with Crippen LogP contribution in [0.4, 0.5) is 11.6 Å². The van der Waals surface area contributed by atoms with E-state index in [4.69, 9.17) is 5.73 Å². The Bertz CT molecular complexity index is 488. The van der Waals surface area contributed by atoms with Crippen molar-refractivity contribution in [1.82, 2.24) is 9.97 Å². The molecule has 0 radical (unpaired) electrons. The molecule has 21 heavy (non-hydrogen) atoms. The minimum atomic E-state index is -0.275. The van der Waals surface area contributed by atoms with Crippen LogP contribution in [0.1, 0.15) is 59.2 Å². The summed E-state index contributed by atoms with van der Waals surface area (Å²) in [5.41, 5.74) is 5.49. The highest BCUT2D eigenvalue weighted by atomic mass is 16.3. The number of aromatic nitrogens is 2. The zero-order valence-electron chi connectivity index (χ0n) is 13.6. The summed E-state index contributed by atoms with van der Waals surface area (Å²) in [5, 5.41) is 13.3. The van der Waals surface area contributed by atoms with Gasteiger partial charge >= 0.3 is 0 Å². The number of aliphatic hydroxyl groups excluding tert-OH is 1. The molecule has 0 unspecified atom stereocenters. The van der Waals surface area contributed by atoms with E-state index in [1.54, 1.807) is 6.07 Å². The fraction of sp³-hybridized carbons (Fsp3) is 0.750. The second-order valence-corrected chi connectivity index (χ2v) is 7.50. The van der Waals surface area contributed by atoms with Crippen LogP contribution in [0, 0.1) is 5.92 Å². The fourth-order valence-electron chi connectivity index (χ4n) is 2.77. The maximum atomic E-state index is 9.85. The van der Waals surface area contributed by atoms with Crippen molar-refractivity contribution in [2.45, 2.75) is 64.3 Å². The van der Waals surface area contributed by atoms with E-state index in [0.29, 0.717) is 5.82 Å². The van der Waals surface area contributed by atoms with Crippen LogP contribution < -0.4 is 11.1 Å². The Kier molecular flexibility index (Phi) is 4.42. The second-order valence-electron chi connectivity index (χ2n) is 7.50. The van der Waals surface area contributed by atoms with Crippen LogP contribution in [0.3, 0.4) is 0 Å². The number of nitrogens with one attached hydrogen (secondary N) is 1. The molecule has 0 saturated heterocycles. The van der Waals surface area contributed by atoms with Crippen LogP contribution in [0.25, 0.3) is 0 Å². The molecule has 4 N–H and O–H groups in total. The molecule has 0 aliphatic heterocycles. The quantitative estimate of drug-likeness (QED) is 0.797. The average Bonchev–Trinajstić information content (AvgIpc) is 2.40. The van der Waals surface area contributed by atoms with E-state index >= 15 is 0 Å². The number of nitrogens with zero attached hydrogens (tertiary/aromatic N) is 2. The van der Waals surface area contributed by atoms with Gasteiger partial charge in [0.2, 0.25) is 0 Å². The van der Waals surface area contributed by atoms with Crippen molar-refractivity contribution in [3.05, 3.63) is 11.9 Å². The first-order valence-corrected chi connectivity index (χ1v) is 7.78. The molecule has 1 aromatic rings. The lowest BCUT2D eigenvalue weighted by Crippen LogP contribution is -2.45. The molecule has 1 aromatic heterocycles. The fourth-order valence-corrected chi connectivity index (χ4v) is 2.77. The molecule has 1 heterocycles. The summed E-state index contributed by atoms with van der Waals surface area (Å²) in [5.74, 6) is 2.64. The Morgan fingerprint density at radius 1 is 1.33 bits per heavy atom. The molecular weight excluding hydrogens is 264 g/mol. The normalized spacial score (nSPS) is 26.6. The highest BCUT2D eigenvalue weighted by molar-refractivity contribution is 5.47. The van der Waals surface area contributed by atoms with Crippen molar-refractivity contribution in [2.75, 3.05) is 17.7 Å². The zero-order valence-corrected chi connectivity index (χ0v) is 13.6. The first-order valence-electron chi connectivity index (χ1n) is 7.78. The van der Waals surface area contributed by atoms with E-state index < -0.39 is 0 Å². The molecule has 1 saturated carbocycles. The zero-order chi connectivity index (χ0) is 15.7. The van der Waals surface area contributed by atoms with Crippen LogP contribution >= 0.6 is 0 Å². The summed E-state index contributed by atoms with van der Waals surface area (Å²) in [7, 11) is 0. The van der Waals surface area contributed by atoms with Gasteiger partial charge in [0.1, 0.15) is 17.5 Å². The third kappa shape index (κ3) is 3.84. The topological polar surface area (TPSA) is 84.1 Å². The molecule has 0 atom stereocenters. The first kappa shape index (κ1) is 16.0. The van der Waals surface area contributed by atoms with Gasteiger partial charge in [-0.2, -0.15) is 0 Å². The lowest BCUT2D eigenvalue weighted by atomic mass is 9.77. The molecule has 0 amide bonds. The lowest BCUT2D eigenvalue weighted by Gasteiger charge is -2.39. The summed E-state index contributed by atoms with van der Waals surface area (Å²) in [6.07, 6.45) is 4.17. The highest BCUT2D eigenvalue weighted by Gasteiger charge is 2.34. The summed E-state index contributed by atoms with van der Waals surface area (Å²) in [4.78, 5) is 8.92. The summed E-state index contributed by atoms with van der Waals surface area (Å²) >= 11 is 0. The first-order chi connectivity index (χ1) is 9.74. The molecule has 5 heteroatoms. The third-order valence-corrected chi connectivity index (χ3v) is 4.34. The lowest BCUT2D eigenvalue weighted by molar-refractivity contribution is 0.155. The molecule has 2 rings (SSSR count). The van der Waals surface area contributed by atoms with Gasteiger partial charge in [-0.05, 0) is 31.6 Å². The van der Waals surface area contributed by atoms with Gasteiger partial charge in [0.05, 0.1) is 12.1 Å². The van der Waals surface area contributed by atoms with Crippen LogP contribution in [-0.2, 0) is 5.41 Å². The van der Waals surface area contributed by atoms with Crippen molar-refractivity contribution in [1.29, 1.82) is 0 Å². The van der Waals surface area contributed by atoms with Crippen molar-refractivity contribution in [3.63, 3.8) is 0 Å². The van der Waals surface area contributed by atoms with Gasteiger partial charge in [0.15, 0.2) is 0 Å². The predicted molar refractivity (Wildman–Crippen MR) is 86.2 cm³/mol. The Balaban J connectivity index is 2.24. The van der Waals surface area contributed by atoms with E-state index in [1.165, 1.54) is 0 Å². The number of anilines is 2. The highest BCUT2D eigenvalue weighted by Crippen LogP contribution is 2.34. The molecule has 5 nitrogen and oxygen atoms in total. The largest absolute Gasteiger partial charge is 0.394 e. The van der Waals surface area contributed by atoms with E-state index in [2.05, 4.69) is 43.0 Å². The van der Waals surface area contributed by atoms with E-state index in [9.17, 15) is 5.11 Å². The molecule has 0 bridgehead atoms. The van der Waals surface area contributed by atoms with Gasteiger partial charge in [-0.25, -0.2) is 9.97 Å². The third-order valence-electron chi connectivity index (χ3n) is 4.34. The van der Waals surface area contributed by atoms with E-state index in [0.717, 1.165) is 43.2 Å². The molecule has 1 aliphatic rings. The number of nitrogen functional groups attached to an aromatic ring is 1. The van der Waals surface area contributed by atoms with Crippen molar-refractivity contribution in [3.8, 4) is 0 Å². The van der Waals surface area contributed by atoms with Gasteiger partial charge < -0.3 is 16.2 Å². The number of aliphatic hydroxyl groups is 1. The molecule has 1 fully saturated rings. The Morgan fingerprint density at radius 2 is 1.95 bits per heavy atom. The minimum absolute atomic E-state index is 0.120. The van der Waals surface area contributed by atoms with Gasteiger partial charge in [-0.1, -0.05) is 27.7 Å². The number of hydrogen-bond donors (Lipinski definition) is 3. The Hall–Kier alpha value is -1.36. The molecule has 0 aromatic carbocycles. The van der Waals surface area contributed by atoms with Gasteiger partial charge in [0.25, 0.3) is 0 Å². The van der Waals surface area contributed by atoms with Gasteiger partial charge in [0, 0.05) is 11.5 Å². The standard InChI is InChI=1S/C16H28N4O/c1-11-5-7-16(10-21,8-6-11)20-13-9-12(17)18-14(19-13)15(2,3)4/h9,11,21H,5-8,10H2,1-4H3,(H3,17,18,19,20). The smallest absolute Gasteiger partial charge is 0.138 e. The Labute approximate surface area is 127 Å². The summed E-state index contributed by atoms with van der Waals surface area (Å²) < 4.78 is 0. The van der Waals surface area contributed by atoms with Crippen LogP contribution in [0.2, 0.25) is 0 Å². The maximum Gasteiger partial charge on any atom is 0.138 e. The number of hydrogen-bond acceptors (Lipinski definition) is 5. The predicted octanol–water partition coefficient (Wildman–Crippen LogP) is 2.71. The maximum absolute atomic E-state index is 9.85. The van der Waals surface area contributed by atoms with Gasteiger partial charge in [-0.3, -0.25) is 0 Å². The number of nitrogens with two attached hydrogens (primary N) is 1. The van der Waals surface area contributed by atoms with Crippen molar-refractivity contribution < 1.29 is 5.11 Å². The van der Waals surface area contributed by atoms with Crippen molar-refractivity contribution in [2.24, 2.45) is 5.92 Å². The molecule has 0 spiro atoms. The summed E-state index contributed by atoms with van der Waals surface area (Å²) in [6, 6.07) is 1.75. The molecular formula is C16H28N4O. The van der Waals surface area contributed by atoms with E-state index in [-0.39, 0.29) is 17.6 Å². The SMILES string of the molecule is CC1CCC(CO)(Nc2cc(N)nc(C(C)(C)C)n2)CC1. The van der Waals surface area contributed by atoms with Crippen LogP contribution in [0.5, 0.6) is 0 Å². The minimum Gasteiger partial charge on any atom is -0.394 e. The van der Waals surface area contributed by atoms with E-state index in [1.807, 2.05) is 0 Å². The monoisotopic (exact) mass is 292 g/mol. The van der Waals surface area contributed by atoms with Crippen molar-refractivity contribution >= 4 is 11.6 Å². The molecule has 1 aliphatic carbocycles. The van der Waals surface area contributed by atoms with Gasteiger partial charge in [-0.15, -0.1) is 0 Å². The Morgan fingerprint density at radius 3 is 2.48 bits per heavy atom. The van der Waals surface area contributed by atoms with Crippen LogP contribution in [-0.4, -0.2) is 27.2 Å². The second kappa shape index (κ2) is 5.79.